The lowest BCUT2D eigenvalue weighted by Crippen LogP contribution is -2.45. The molecule has 1 atom stereocenters. The Hall–Kier alpha value is -1.09. The number of ether oxygens (including phenoxy) is 1. The summed E-state index contributed by atoms with van der Waals surface area (Å²) in [6, 6.07) is 7.48. The number of benzene rings is 1. The molecule has 28 heavy (non-hydrogen) atoms. The second-order valence-electron chi connectivity index (χ2n) is 7.57. The summed E-state index contributed by atoms with van der Waals surface area (Å²) >= 11 is 0. The second kappa shape index (κ2) is 12.5. The van der Waals surface area contributed by atoms with Gasteiger partial charge in [-0.25, -0.2) is 4.39 Å². The molecule has 3 rings (SSSR count). The predicted molar refractivity (Wildman–Crippen MR) is 123 cm³/mol. The van der Waals surface area contributed by atoms with E-state index in [2.05, 4.69) is 20.5 Å². The number of unbranched alkanes of at least 4 members (excludes halogenated alkanes) is 1. The highest BCUT2D eigenvalue weighted by Gasteiger charge is 2.30. The Morgan fingerprint density at radius 3 is 2.64 bits per heavy atom. The predicted octanol–water partition coefficient (Wildman–Crippen LogP) is 3.78. The minimum absolute atomic E-state index is 0. The number of nitrogens with zero attached hydrogens (tertiary/aromatic N) is 2. The van der Waals surface area contributed by atoms with Crippen LogP contribution in [-0.4, -0.2) is 56.2 Å². The van der Waals surface area contributed by atoms with E-state index in [9.17, 15) is 4.39 Å². The smallest absolute Gasteiger partial charge is 0.191 e. The van der Waals surface area contributed by atoms with Gasteiger partial charge in [0.25, 0.3) is 0 Å². The van der Waals surface area contributed by atoms with Gasteiger partial charge in [-0.2, -0.15) is 0 Å². The summed E-state index contributed by atoms with van der Waals surface area (Å²) in [7, 11) is 1.83. The van der Waals surface area contributed by atoms with Crippen molar-refractivity contribution < 1.29 is 9.13 Å². The number of likely N-dealkylation sites (tertiary alicyclic amines) is 1. The SMILES string of the molecule is CN=C(NCCCCOc1ccc(F)cc1)NC1CCN(C2CCCC2)C1.I. The van der Waals surface area contributed by atoms with E-state index in [1.165, 1.54) is 50.8 Å². The van der Waals surface area contributed by atoms with Crippen molar-refractivity contribution in [1.29, 1.82) is 0 Å². The average Bonchev–Trinajstić information content (AvgIpc) is 3.36. The normalized spacial score (nSPS) is 20.8. The second-order valence-corrected chi connectivity index (χ2v) is 7.57. The molecule has 1 aliphatic heterocycles. The number of halogens is 2. The van der Waals surface area contributed by atoms with Gasteiger partial charge in [-0.1, -0.05) is 12.8 Å². The molecule has 1 heterocycles. The molecule has 1 saturated heterocycles. The molecule has 0 aromatic heterocycles. The van der Waals surface area contributed by atoms with Crippen molar-refractivity contribution in [2.45, 2.75) is 57.0 Å². The molecule has 0 amide bonds. The van der Waals surface area contributed by atoms with Gasteiger partial charge in [0.15, 0.2) is 5.96 Å². The van der Waals surface area contributed by atoms with E-state index in [0.29, 0.717) is 12.6 Å². The van der Waals surface area contributed by atoms with Crippen molar-refractivity contribution in [2.75, 3.05) is 33.3 Å². The standard InChI is InChI=1S/C21H33FN4O.HI/c1-23-21(25-18-12-14-26(16-18)19-6-2-3-7-19)24-13-4-5-15-27-20-10-8-17(22)9-11-20;/h8-11,18-19H,2-7,12-16H2,1H3,(H2,23,24,25);1H. The first-order chi connectivity index (χ1) is 13.2. The molecule has 7 heteroatoms. The molecule has 2 aliphatic rings. The molecule has 2 N–H and O–H groups in total. The van der Waals surface area contributed by atoms with Crippen LogP contribution in [0.4, 0.5) is 4.39 Å². The maximum absolute atomic E-state index is 12.8. The summed E-state index contributed by atoms with van der Waals surface area (Å²) < 4.78 is 18.5. The van der Waals surface area contributed by atoms with Gasteiger partial charge in [0.05, 0.1) is 6.61 Å². The zero-order chi connectivity index (χ0) is 18.9. The largest absolute Gasteiger partial charge is 0.494 e. The lowest BCUT2D eigenvalue weighted by atomic mass is 10.2. The van der Waals surface area contributed by atoms with Crippen LogP contribution < -0.4 is 15.4 Å². The van der Waals surface area contributed by atoms with Crippen molar-refractivity contribution in [3.8, 4) is 5.75 Å². The Morgan fingerprint density at radius 1 is 1.18 bits per heavy atom. The van der Waals surface area contributed by atoms with Crippen LogP contribution in [0, 0.1) is 5.82 Å². The fourth-order valence-electron chi connectivity index (χ4n) is 4.05. The third-order valence-corrected chi connectivity index (χ3v) is 5.57. The van der Waals surface area contributed by atoms with Crippen molar-refractivity contribution in [2.24, 2.45) is 4.99 Å². The molecule has 5 nitrogen and oxygen atoms in total. The Balaban J connectivity index is 0.00000280. The number of aliphatic imine (C=N–C) groups is 1. The van der Waals surface area contributed by atoms with Crippen LogP contribution in [0.3, 0.4) is 0 Å². The van der Waals surface area contributed by atoms with E-state index in [4.69, 9.17) is 4.74 Å². The summed E-state index contributed by atoms with van der Waals surface area (Å²) in [5, 5.41) is 6.97. The van der Waals surface area contributed by atoms with E-state index in [1.54, 1.807) is 12.1 Å². The Kier molecular flexibility index (Phi) is 10.3. The highest BCUT2D eigenvalue weighted by Crippen LogP contribution is 2.26. The van der Waals surface area contributed by atoms with Crippen molar-refractivity contribution in [1.82, 2.24) is 15.5 Å². The minimum atomic E-state index is -0.237. The fourth-order valence-corrected chi connectivity index (χ4v) is 4.05. The number of rotatable bonds is 8. The number of nitrogens with one attached hydrogen (secondary N) is 2. The summed E-state index contributed by atoms with van der Waals surface area (Å²) in [6.45, 7) is 3.85. The zero-order valence-electron chi connectivity index (χ0n) is 16.8. The van der Waals surface area contributed by atoms with Gasteiger partial charge in [0.1, 0.15) is 11.6 Å². The molecule has 1 aromatic rings. The van der Waals surface area contributed by atoms with Crippen molar-refractivity contribution >= 4 is 29.9 Å². The number of hydrogen-bond acceptors (Lipinski definition) is 3. The molecular formula is C21H34FIN4O. The van der Waals surface area contributed by atoms with Crippen LogP contribution in [0.1, 0.15) is 44.9 Å². The van der Waals surface area contributed by atoms with Gasteiger partial charge in [-0.05, 0) is 56.4 Å². The topological polar surface area (TPSA) is 48.9 Å². The van der Waals surface area contributed by atoms with Gasteiger partial charge < -0.3 is 15.4 Å². The monoisotopic (exact) mass is 504 g/mol. The molecule has 1 unspecified atom stereocenters. The molecular weight excluding hydrogens is 470 g/mol. The molecule has 0 bridgehead atoms. The zero-order valence-corrected chi connectivity index (χ0v) is 19.2. The molecule has 1 aliphatic carbocycles. The van der Waals surface area contributed by atoms with Gasteiger partial charge >= 0.3 is 0 Å². The Morgan fingerprint density at radius 2 is 1.93 bits per heavy atom. The van der Waals surface area contributed by atoms with Gasteiger partial charge in [-0.15, -0.1) is 24.0 Å². The van der Waals surface area contributed by atoms with Gasteiger partial charge in [0.2, 0.25) is 0 Å². The lowest BCUT2D eigenvalue weighted by Gasteiger charge is -2.24. The summed E-state index contributed by atoms with van der Waals surface area (Å²) in [5.74, 6) is 1.38. The molecule has 158 valence electrons. The minimum Gasteiger partial charge on any atom is -0.494 e. The lowest BCUT2D eigenvalue weighted by molar-refractivity contribution is 0.242. The summed E-state index contributed by atoms with van der Waals surface area (Å²) in [4.78, 5) is 7.01. The van der Waals surface area contributed by atoms with E-state index in [1.807, 2.05) is 7.05 Å². The number of guanidine groups is 1. The highest BCUT2D eigenvalue weighted by atomic mass is 127. The van der Waals surface area contributed by atoms with E-state index >= 15 is 0 Å². The number of hydrogen-bond donors (Lipinski definition) is 2. The van der Waals surface area contributed by atoms with Crippen LogP contribution in [0.15, 0.2) is 29.3 Å². The van der Waals surface area contributed by atoms with Gasteiger partial charge in [0, 0.05) is 38.8 Å². The summed E-state index contributed by atoms with van der Waals surface area (Å²) in [5.41, 5.74) is 0. The first-order valence-electron chi connectivity index (χ1n) is 10.3. The highest BCUT2D eigenvalue weighted by molar-refractivity contribution is 14.0. The van der Waals surface area contributed by atoms with Crippen LogP contribution in [0.5, 0.6) is 5.75 Å². The van der Waals surface area contributed by atoms with E-state index < -0.39 is 0 Å². The first kappa shape index (κ1) is 23.2. The quantitative estimate of drug-likeness (QED) is 0.245. The van der Waals surface area contributed by atoms with Crippen molar-refractivity contribution in [3.05, 3.63) is 30.1 Å². The maximum atomic E-state index is 12.8. The van der Waals surface area contributed by atoms with Crippen LogP contribution in [0.25, 0.3) is 0 Å². The summed E-state index contributed by atoms with van der Waals surface area (Å²) in [6.07, 6.45) is 8.68. The molecule has 1 saturated carbocycles. The van der Waals surface area contributed by atoms with Crippen LogP contribution >= 0.6 is 24.0 Å². The molecule has 0 radical (unpaired) electrons. The van der Waals surface area contributed by atoms with E-state index in [0.717, 1.165) is 43.7 Å². The maximum Gasteiger partial charge on any atom is 0.191 e. The van der Waals surface area contributed by atoms with Crippen molar-refractivity contribution in [3.63, 3.8) is 0 Å². The Labute approximate surface area is 185 Å². The van der Waals surface area contributed by atoms with Crippen LogP contribution in [-0.2, 0) is 0 Å². The molecule has 2 fully saturated rings. The third kappa shape index (κ3) is 7.39. The van der Waals surface area contributed by atoms with Crippen LogP contribution in [0.2, 0.25) is 0 Å². The molecule has 0 spiro atoms. The third-order valence-electron chi connectivity index (χ3n) is 5.57. The fraction of sp³-hybridized carbons (Fsp3) is 0.667. The van der Waals surface area contributed by atoms with Gasteiger partial charge in [-0.3, -0.25) is 9.89 Å². The Bertz CT molecular complexity index is 593. The van der Waals surface area contributed by atoms with E-state index in [-0.39, 0.29) is 29.8 Å². The molecule has 1 aromatic carbocycles. The average molecular weight is 504 g/mol. The first-order valence-corrected chi connectivity index (χ1v) is 10.3.